The minimum Gasteiger partial charge on any atom is -0.402 e. The van der Waals surface area contributed by atoms with Crippen molar-refractivity contribution in [2.45, 2.75) is 6.55 Å². The van der Waals surface area contributed by atoms with E-state index in [2.05, 4.69) is 145 Å². The molecule has 0 spiro atoms. The molecule has 1 aliphatic heterocycles. The zero-order chi connectivity index (χ0) is 22.5. The summed E-state index contributed by atoms with van der Waals surface area (Å²) in [7, 11) is -3.55. The Morgan fingerprint density at radius 1 is 0.424 bits per heavy atom. The highest BCUT2D eigenvalue weighted by Gasteiger charge is 2.31. The minimum atomic E-state index is -1.45. The van der Waals surface area contributed by atoms with Crippen LogP contribution in [-0.4, -0.2) is 38.6 Å². The van der Waals surface area contributed by atoms with Crippen LogP contribution in [0.3, 0.4) is 0 Å². The number of benzene rings is 4. The molecule has 0 unspecified atom stereocenters. The number of nitrogens with zero attached hydrogens (tertiary/aromatic N) is 4. The van der Waals surface area contributed by atoms with Gasteiger partial charge in [0.05, 0.1) is 0 Å². The fourth-order valence-electron chi connectivity index (χ4n) is 4.51. The molecule has 1 heterocycles. The van der Waals surface area contributed by atoms with Gasteiger partial charge in [0.1, 0.15) is 0 Å². The van der Waals surface area contributed by atoms with Crippen LogP contribution in [0.5, 0.6) is 0 Å². The van der Waals surface area contributed by atoms with Gasteiger partial charge in [-0.05, 0) is 55.1 Å². The SMILES string of the molecule is C[SiH]1N(c2ccccc2)[SiH2]N(c2ccccc2)[SiH2]N(c2ccccc2)[SiH2]N1c1ccccc1. The fraction of sp³-hybridized carbons (Fsp3) is 0.0400. The van der Waals surface area contributed by atoms with Gasteiger partial charge >= 0.3 is 0 Å². The van der Waals surface area contributed by atoms with Gasteiger partial charge in [-0.3, -0.25) is 0 Å². The molecule has 0 aromatic heterocycles. The van der Waals surface area contributed by atoms with Crippen molar-refractivity contribution in [3.8, 4) is 0 Å². The smallest absolute Gasteiger partial charge is 0.230 e. The summed E-state index contributed by atoms with van der Waals surface area (Å²) in [4.78, 5) is 0. The Balaban J connectivity index is 1.59. The first-order valence-corrected chi connectivity index (χ1v) is 17.5. The third-order valence-corrected chi connectivity index (χ3v) is 19.4. The van der Waals surface area contributed by atoms with Gasteiger partial charge in [-0.1, -0.05) is 72.8 Å². The van der Waals surface area contributed by atoms with E-state index >= 15 is 0 Å². The van der Waals surface area contributed by atoms with Gasteiger partial charge in [0.25, 0.3) is 0 Å². The van der Waals surface area contributed by atoms with Gasteiger partial charge in [0.15, 0.2) is 0 Å². The second kappa shape index (κ2) is 10.3. The van der Waals surface area contributed by atoms with Crippen LogP contribution >= 0.6 is 0 Å². The van der Waals surface area contributed by atoms with Gasteiger partial charge < -0.3 is 16.9 Å². The number of para-hydroxylation sites is 4. The Labute approximate surface area is 205 Å². The summed E-state index contributed by atoms with van der Waals surface area (Å²) in [6.07, 6.45) is 0. The van der Waals surface area contributed by atoms with Gasteiger partial charge in [0.2, 0.25) is 38.6 Å². The van der Waals surface area contributed by atoms with Crippen LogP contribution in [0.15, 0.2) is 121 Å². The van der Waals surface area contributed by atoms with E-state index in [0.29, 0.717) is 0 Å². The van der Waals surface area contributed by atoms with E-state index in [0.717, 1.165) is 0 Å². The summed E-state index contributed by atoms with van der Waals surface area (Å²) in [6.45, 7) is 2.53. The molecule has 0 aliphatic carbocycles. The molecule has 0 radical (unpaired) electrons. The molecule has 4 aromatic carbocycles. The molecule has 1 saturated heterocycles. The highest BCUT2D eigenvalue weighted by atomic mass is 28.4. The van der Waals surface area contributed by atoms with E-state index in [9.17, 15) is 0 Å². The predicted molar refractivity (Wildman–Crippen MR) is 154 cm³/mol. The molecular formula is C25H30N4Si4. The largest absolute Gasteiger partial charge is 0.402 e. The second-order valence-corrected chi connectivity index (χ2v) is 19.4. The standard InChI is InChI=1S/C25H30N4Si4/c1-33-28(24-18-10-4-11-19-24)31-26(22-14-6-2-7-15-22)30-27(23-16-8-3-9-17-23)32-29(33)25-20-12-5-13-21-25/h2-21,33H,30-32H2,1H3. The van der Waals surface area contributed by atoms with Crippen LogP contribution in [0.4, 0.5) is 22.7 Å². The normalized spacial score (nSPS) is 19.1. The van der Waals surface area contributed by atoms with Crippen LogP contribution in [0, 0.1) is 0 Å². The predicted octanol–water partition coefficient (Wildman–Crippen LogP) is 2.87. The maximum atomic E-state index is 2.84. The first-order chi connectivity index (χ1) is 16.3. The summed E-state index contributed by atoms with van der Waals surface area (Å²) in [5.41, 5.74) is 5.56. The van der Waals surface area contributed by atoms with Crippen molar-refractivity contribution in [2.75, 3.05) is 16.9 Å². The molecule has 166 valence electrons. The van der Waals surface area contributed by atoms with E-state index in [-0.39, 0.29) is 0 Å². The maximum Gasteiger partial charge on any atom is 0.230 e. The van der Waals surface area contributed by atoms with E-state index < -0.39 is 38.6 Å². The molecule has 5 rings (SSSR count). The van der Waals surface area contributed by atoms with Gasteiger partial charge in [-0.15, -0.1) is 0 Å². The Morgan fingerprint density at radius 3 is 1.06 bits per heavy atom. The topological polar surface area (TPSA) is 13.0 Å². The lowest BCUT2D eigenvalue weighted by Gasteiger charge is -2.48. The average Bonchev–Trinajstić information content (AvgIpc) is 2.89. The van der Waals surface area contributed by atoms with Gasteiger partial charge in [-0.25, -0.2) is 0 Å². The number of hydrogen-bond acceptors (Lipinski definition) is 4. The number of rotatable bonds is 4. The van der Waals surface area contributed by atoms with Crippen LogP contribution < -0.4 is 16.9 Å². The van der Waals surface area contributed by atoms with Crippen LogP contribution in [0.25, 0.3) is 0 Å². The molecule has 1 aliphatic rings. The minimum absolute atomic E-state index is 0.684. The molecule has 4 aromatic rings. The van der Waals surface area contributed by atoms with Crippen LogP contribution in [0.2, 0.25) is 6.55 Å². The van der Waals surface area contributed by atoms with E-state index in [1.165, 1.54) is 22.7 Å². The third kappa shape index (κ3) is 4.98. The summed E-state index contributed by atoms with van der Waals surface area (Å²) < 4.78 is 11.3. The first kappa shape index (κ1) is 21.8. The molecule has 8 heteroatoms. The molecule has 33 heavy (non-hydrogen) atoms. The van der Waals surface area contributed by atoms with Crippen molar-refractivity contribution in [1.82, 2.24) is 0 Å². The molecular weight excluding hydrogens is 469 g/mol. The van der Waals surface area contributed by atoms with Gasteiger partial charge in [-0.2, -0.15) is 0 Å². The Kier molecular flexibility index (Phi) is 6.77. The zero-order valence-electron chi connectivity index (χ0n) is 19.0. The van der Waals surface area contributed by atoms with Gasteiger partial charge in [0, 0.05) is 22.7 Å². The van der Waals surface area contributed by atoms with E-state index in [1.807, 2.05) is 0 Å². The lowest BCUT2D eigenvalue weighted by Crippen LogP contribution is -2.66. The van der Waals surface area contributed by atoms with Crippen LogP contribution in [0.1, 0.15) is 0 Å². The molecule has 0 saturated carbocycles. The van der Waals surface area contributed by atoms with E-state index in [4.69, 9.17) is 0 Å². The van der Waals surface area contributed by atoms with Crippen LogP contribution in [-0.2, 0) is 0 Å². The summed E-state index contributed by atoms with van der Waals surface area (Å²) >= 11 is 0. The van der Waals surface area contributed by atoms with Crippen molar-refractivity contribution < 1.29 is 0 Å². The quantitative estimate of drug-likeness (QED) is 0.401. The molecule has 0 bridgehead atoms. The van der Waals surface area contributed by atoms with Crippen molar-refractivity contribution >= 4 is 61.4 Å². The molecule has 0 atom stereocenters. The summed E-state index contributed by atoms with van der Waals surface area (Å²) in [5.74, 6) is 0. The number of hydrogen-bond donors (Lipinski definition) is 0. The van der Waals surface area contributed by atoms with Crippen molar-refractivity contribution in [3.63, 3.8) is 0 Å². The Hall–Kier alpha value is -3.05. The highest BCUT2D eigenvalue weighted by molar-refractivity contribution is 6.92. The van der Waals surface area contributed by atoms with Crippen molar-refractivity contribution in [2.24, 2.45) is 0 Å². The first-order valence-electron chi connectivity index (χ1n) is 11.5. The lowest BCUT2D eigenvalue weighted by atomic mass is 10.3. The summed E-state index contributed by atoms with van der Waals surface area (Å²) in [6, 6.07) is 44.5. The molecule has 0 N–H and O–H groups in total. The molecule has 1 fully saturated rings. The molecule has 4 nitrogen and oxygen atoms in total. The van der Waals surface area contributed by atoms with E-state index in [1.54, 1.807) is 0 Å². The third-order valence-electron chi connectivity index (χ3n) is 6.31. The Morgan fingerprint density at radius 2 is 0.727 bits per heavy atom. The average molecular weight is 499 g/mol. The number of anilines is 4. The van der Waals surface area contributed by atoms with Crippen molar-refractivity contribution in [1.29, 1.82) is 0 Å². The Bertz CT molecular complexity index is 1050. The zero-order valence-corrected chi connectivity index (χ0v) is 24.4. The lowest BCUT2D eigenvalue weighted by molar-refractivity contribution is 1.33. The second-order valence-electron chi connectivity index (χ2n) is 8.42. The fourth-order valence-corrected chi connectivity index (χ4v) is 20.1. The molecule has 0 amide bonds. The highest BCUT2D eigenvalue weighted by Crippen LogP contribution is 2.26. The van der Waals surface area contributed by atoms with Crippen molar-refractivity contribution in [3.05, 3.63) is 121 Å². The summed E-state index contributed by atoms with van der Waals surface area (Å²) in [5, 5.41) is 0. The monoisotopic (exact) mass is 498 g/mol. The maximum absolute atomic E-state index is 2.84.